The van der Waals surface area contributed by atoms with Gasteiger partial charge in [0.2, 0.25) is 0 Å². The van der Waals surface area contributed by atoms with Crippen LogP contribution in [0.1, 0.15) is 23.1 Å². The number of hydrazone groups is 1. The number of aliphatic hydroxyl groups excluding tert-OH is 1. The van der Waals surface area contributed by atoms with E-state index >= 15 is 0 Å². The van der Waals surface area contributed by atoms with Gasteiger partial charge in [-0.1, -0.05) is 36.4 Å². The van der Waals surface area contributed by atoms with Crippen molar-refractivity contribution in [3.8, 4) is 0 Å². The summed E-state index contributed by atoms with van der Waals surface area (Å²) < 4.78 is 28.1. The number of nitrogens with one attached hydrogen (secondary N) is 1. The summed E-state index contributed by atoms with van der Waals surface area (Å²) in [6.45, 7) is 0.807. The van der Waals surface area contributed by atoms with E-state index in [1.165, 1.54) is 24.1 Å². The average molecular weight is 381 g/mol. The molecule has 26 heavy (non-hydrogen) atoms. The molecule has 0 spiro atoms. The van der Waals surface area contributed by atoms with E-state index in [-0.39, 0.29) is 24.6 Å². The number of amidine groups is 1. The molecule has 0 aliphatic carbocycles. The van der Waals surface area contributed by atoms with Crippen molar-refractivity contribution in [2.24, 2.45) is 16.7 Å². The van der Waals surface area contributed by atoms with Crippen LogP contribution in [0.15, 0.2) is 58.5 Å². The van der Waals surface area contributed by atoms with E-state index in [1.807, 2.05) is 24.3 Å². The van der Waals surface area contributed by atoms with Gasteiger partial charge in [-0.15, -0.1) is 5.10 Å². The van der Waals surface area contributed by atoms with Gasteiger partial charge in [0.15, 0.2) is 5.84 Å². The summed E-state index contributed by atoms with van der Waals surface area (Å²) in [6.07, 6.45) is -2.49. The van der Waals surface area contributed by atoms with E-state index in [0.29, 0.717) is 12.1 Å². The molecule has 0 radical (unpaired) electrons. The highest BCUT2D eigenvalue weighted by Crippen LogP contribution is 2.19. The number of alkyl halides is 2. The third-order valence-electron chi connectivity index (χ3n) is 3.37. The summed E-state index contributed by atoms with van der Waals surface area (Å²) in [5.41, 5.74) is 7.38. The SMILES string of the molecule is N/C(=N\N(N)Cc1ccc(C(F)F)cc1)c1ccc(SNCCO)cc1. The van der Waals surface area contributed by atoms with Crippen LogP contribution in [0.5, 0.6) is 0 Å². The minimum absolute atomic E-state index is 0.0354. The molecule has 9 heteroatoms. The van der Waals surface area contributed by atoms with E-state index in [2.05, 4.69) is 9.82 Å². The van der Waals surface area contributed by atoms with Crippen molar-refractivity contribution in [1.82, 2.24) is 9.84 Å². The van der Waals surface area contributed by atoms with Crippen molar-refractivity contribution < 1.29 is 13.9 Å². The first-order valence-corrected chi connectivity index (χ1v) is 8.65. The summed E-state index contributed by atoms with van der Waals surface area (Å²) in [4.78, 5) is 0.971. The minimum atomic E-state index is -2.49. The van der Waals surface area contributed by atoms with Gasteiger partial charge in [-0.25, -0.2) is 19.7 Å². The Morgan fingerprint density at radius 1 is 1.15 bits per heavy atom. The third-order valence-corrected chi connectivity index (χ3v) is 4.22. The van der Waals surface area contributed by atoms with Crippen LogP contribution in [0.25, 0.3) is 0 Å². The Bertz CT molecular complexity index is 710. The summed E-state index contributed by atoms with van der Waals surface area (Å²) in [5.74, 6) is 6.08. The molecule has 0 aromatic heterocycles. The predicted molar refractivity (Wildman–Crippen MR) is 99.2 cm³/mol. The van der Waals surface area contributed by atoms with E-state index < -0.39 is 6.43 Å². The number of hydrogen-bond donors (Lipinski definition) is 4. The van der Waals surface area contributed by atoms with Crippen LogP contribution in [0, 0.1) is 0 Å². The van der Waals surface area contributed by atoms with Crippen molar-refractivity contribution in [3.63, 3.8) is 0 Å². The highest BCUT2D eigenvalue weighted by molar-refractivity contribution is 7.97. The Morgan fingerprint density at radius 2 is 1.81 bits per heavy atom. The number of nitrogens with two attached hydrogens (primary N) is 2. The monoisotopic (exact) mass is 381 g/mol. The zero-order chi connectivity index (χ0) is 18.9. The fourth-order valence-corrected chi connectivity index (χ4v) is 2.69. The molecule has 6 nitrogen and oxygen atoms in total. The number of halogens is 2. The van der Waals surface area contributed by atoms with Crippen LogP contribution in [0.2, 0.25) is 0 Å². The molecule has 140 valence electrons. The van der Waals surface area contributed by atoms with Gasteiger partial charge in [0.05, 0.1) is 13.2 Å². The molecule has 0 atom stereocenters. The molecule has 2 rings (SSSR count). The van der Waals surface area contributed by atoms with E-state index in [9.17, 15) is 8.78 Å². The van der Waals surface area contributed by atoms with E-state index in [4.69, 9.17) is 16.7 Å². The van der Waals surface area contributed by atoms with Gasteiger partial charge >= 0.3 is 0 Å². The lowest BCUT2D eigenvalue weighted by Crippen LogP contribution is -2.29. The molecular formula is C17H21F2N5OS. The number of hydrogen-bond acceptors (Lipinski definition) is 6. The fraction of sp³-hybridized carbons (Fsp3) is 0.235. The number of benzene rings is 2. The molecule has 0 unspecified atom stereocenters. The molecular weight excluding hydrogens is 360 g/mol. The average Bonchev–Trinajstić information content (AvgIpc) is 2.62. The van der Waals surface area contributed by atoms with Gasteiger partial charge in [0.1, 0.15) is 0 Å². The number of nitrogens with zero attached hydrogens (tertiary/aromatic N) is 2. The second-order valence-corrected chi connectivity index (χ2v) is 6.33. The first kappa shape index (κ1) is 20.1. The second-order valence-electron chi connectivity index (χ2n) is 5.37. The largest absolute Gasteiger partial charge is 0.395 e. The van der Waals surface area contributed by atoms with Gasteiger partial charge < -0.3 is 10.8 Å². The van der Waals surface area contributed by atoms with Crippen LogP contribution in [-0.4, -0.2) is 29.2 Å². The first-order chi connectivity index (χ1) is 12.5. The molecule has 0 aliphatic rings. The summed E-state index contributed by atoms with van der Waals surface area (Å²) in [7, 11) is 0. The van der Waals surface area contributed by atoms with Gasteiger partial charge in [-0.3, -0.25) is 4.72 Å². The summed E-state index contributed by atoms with van der Waals surface area (Å²) in [5, 5.41) is 14.0. The topological polar surface area (TPSA) is 99.9 Å². The molecule has 6 N–H and O–H groups in total. The zero-order valence-corrected chi connectivity index (χ0v) is 14.8. The lowest BCUT2D eigenvalue weighted by molar-refractivity contribution is 0.151. The number of hydrazine groups is 1. The molecule has 0 saturated heterocycles. The summed E-state index contributed by atoms with van der Waals surface area (Å²) >= 11 is 1.41. The standard InChI is InChI=1S/C17H21F2N5OS/c18-16(19)13-3-1-12(2-4-13)11-24(21)23-17(20)14-5-7-15(8-6-14)26-22-9-10-25/h1-8,16,22,25H,9-11,21H2,(H2,20,23). The molecule has 2 aromatic carbocycles. The van der Waals surface area contributed by atoms with Crippen LogP contribution >= 0.6 is 11.9 Å². The van der Waals surface area contributed by atoms with Crippen molar-refractivity contribution >= 4 is 17.8 Å². The third kappa shape index (κ3) is 6.26. The highest BCUT2D eigenvalue weighted by Gasteiger charge is 2.07. The van der Waals surface area contributed by atoms with Crippen molar-refractivity contribution in [2.45, 2.75) is 17.9 Å². The Balaban J connectivity index is 1.94. The summed E-state index contributed by atoms with van der Waals surface area (Å²) in [6, 6.07) is 13.3. The Kier molecular flexibility index (Phi) is 7.79. The lowest BCUT2D eigenvalue weighted by Gasteiger charge is -2.14. The van der Waals surface area contributed by atoms with Crippen LogP contribution < -0.4 is 16.3 Å². The van der Waals surface area contributed by atoms with Crippen LogP contribution in [-0.2, 0) is 6.54 Å². The highest BCUT2D eigenvalue weighted by atomic mass is 32.2. The maximum absolute atomic E-state index is 12.5. The van der Waals surface area contributed by atoms with Gasteiger partial charge in [0.25, 0.3) is 6.43 Å². The normalized spacial score (nSPS) is 11.8. The second kappa shape index (κ2) is 10.1. The van der Waals surface area contributed by atoms with Gasteiger partial charge in [0, 0.05) is 22.6 Å². The maximum atomic E-state index is 12.5. The Hall–Kier alpha value is -2.20. The first-order valence-electron chi connectivity index (χ1n) is 7.84. The molecule has 0 amide bonds. The molecule has 0 aliphatic heterocycles. The predicted octanol–water partition coefficient (Wildman–Crippen LogP) is 2.21. The van der Waals surface area contributed by atoms with Crippen LogP contribution in [0.3, 0.4) is 0 Å². The van der Waals surface area contributed by atoms with Gasteiger partial charge in [-0.05, 0) is 29.6 Å². The number of aliphatic hydroxyl groups is 1. The Morgan fingerprint density at radius 3 is 2.38 bits per heavy atom. The molecule has 0 fully saturated rings. The van der Waals surface area contributed by atoms with Gasteiger partial charge in [-0.2, -0.15) is 0 Å². The van der Waals surface area contributed by atoms with Crippen LogP contribution in [0.4, 0.5) is 8.78 Å². The molecule has 2 aromatic rings. The molecule has 0 heterocycles. The number of rotatable bonds is 9. The van der Waals surface area contributed by atoms with E-state index in [0.717, 1.165) is 15.6 Å². The lowest BCUT2D eigenvalue weighted by atomic mass is 10.1. The minimum Gasteiger partial charge on any atom is -0.395 e. The zero-order valence-electron chi connectivity index (χ0n) is 14.0. The van der Waals surface area contributed by atoms with Crippen molar-refractivity contribution in [3.05, 3.63) is 65.2 Å². The molecule has 0 bridgehead atoms. The quantitative estimate of drug-likeness (QED) is 0.133. The maximum Gasteiger partial charge on any atom is 0.263 e. The van der Waals surface area contributed by atoms with Crippen molar-refractivity contribution in [2.75, 3.05) is 13.2 Å². The Labute approximate surface area is 155 Å². The smallest absolute Gasteiger partial charge is 0.263 e. The molecule has 0 saturated carbocycles. The van der Waals surface area contributed by atoms with E-state index in [1.54, 1.807) is 12.1 Å². The fourth-order valence-electron chi connectivity index (χ4n) is 2.06. The van der Waals surface area contributed by atoms with Crippen molar-refractivity contribution in [1.29, 1.82) is 0 Å².